The number of ether oxygens (including phenoxy) is 1. The van der Waals surface area contributed by atoms with Gasteiger partial charge in [-0.05, 0) is 25.5 Å². The van der Waals surface area contributed by atoms with Gasteiger partial charge in [0.15, 0.2) is 0 Å². The molecule has 1 heterocycles. The van der Waals surface area contributed by atoms with Gasteiger partial charge in [-0.3, -0.25) is 4.79 Å². The zero-order valence-corrected chi connectivity index (χ0v) is 10.1. The number of methoxy groups -OCH3 is 1. The van der Waals surface area contributed by atoms with Gasteiger partial charge in [0, 0.05) is 7.11 Å². The number of thiophene rings is 1. The van der Waals surface area contributed by atoms with Gasteiger partial charge in [0.05, 0.1) is 5.00 Å². The number of aromatic carboxylic acids is 1. The maximum absolute atomic E-state index is 11.5. The van der Waals surface area contributed by atoms with Crippen molar-refractivity contribution in [2.45, 2.75) is 20.0 Å². The molecule has 2 N–H and O–H groups in total. The first-order valence-corrected chi connectivity index (χ1v) is 5.44. The number of anilines is 1. The van der Waals surface area contributed by atoms with Gasteiger partial charge in [-0.2, -0.15) is 0 Å². The fourth-order valence-corrected chi connectivity index (χ4v) is 2.00. The summed E-state index contributed by atoms with van der Waals surface area (Å²) in [4.78, 5) is 22.5. The quantitative estimate of drug-likeness (QED) is 0.844. The third-order valence-corrected chi connectivity index (χ3v) is 3.22. The molecule has 0 radical (unpaired) electrons. The number of carboxylic acids is 1. The SMILES string of the molecule is COC(C)C(=O)Nc1cc(C)c(C(=O)O)s1. The maximum Gasteiger partial charge on any atom is 0.346 e. The van der Waals surface area contributed by atoms with Crippen molar-refractivity contribution >= 4 is 28.2 Å². The van der Waals surface area contributed by atoms with E-state index < -0.39 is 12.1 Å². The molecule has 1 unspecified atom stereocenters. The standard InChI is InChI=1S/C10H13NO4S/c1-5-4-7(16-8(5)10(13)14)11-9(12)6(2)15-3/h4,6H,1-3H3,(H,11,12)(H,13,14). The van der Waals surface area contributed by atoms with Crippen molar-refractivity contribution in [2.24, 2.45) is 0 Å². The second-order valence-electron chi connectivity index (χ2n) is 3.30. The van der Waals surface area contributed by atoms with Crippen LogP contribution < -0.4 is 5.32 Å². The van der Waals surface area contributed by atoms with Gasteiger partial charge in [0.2, 0.25) is 0 Å². The van der Waals surface area contributed by atoms with E-state index in [0.717, 1.165) is 11.3 Å². The summed E-state index contributed by atoms with van der Waals surface area (Å²) in [6.45, 7) is 3.31. The van der Waals surface area contributed by atoms with Crippen molar-refractivity contribution in [3.63, 3.8) is 0 Å². The van der Waals surface area contributed by atoms with Crippen LogP contribution in [-0.2, 0) is 9.53 Å². The van der Waals surface area contributed by atoms with Crippen molar-refractivity contribution in [3.05, 3.63) is 16.5 Å². The highest BCUT2D eigenvalue weighted by Crippen LogP contribution is 2.26. The fourth-order valence-electron chi connectivity index (χ4n) is 1.09. The smallest absolute Gasteiger partial charge is 0.346 e. The van der Waals surface area contributed by atoms with Crippen LogP contribution in [0.3, 0.4) is 0 Å². The highest BCUT2D eigenvalue weighted by Gasteiger charge is 2.16. The summed E-state index contributed by atoms with van der Waals surface area (Å²) in [6.07, 6.45) is -0.560. The first kappa shape index (κ1) is 12.7. The molecule has 0 aliphatic heterocycles. The van der Waals surface area contributed by atoms with Crippen molar-refractivity contribution in [1.29, 1.82) is 0 Å². The highest BCUT2D eigenvalue weighted by molar-refractivity contribution is 7.18. The van der Waals surface area contributed by atoms with E-state index in [9.17, 15) is 9.59 Å². The molecule has 0 spiro atoms. The summed E-state index contributed by atoms with van der Waals surface area (Å²) in [5.41, 5.74) is 0.637. The molecule has 1 amide bonds. The molecule has 16 heavy (non-hydrogen) atoms. The normalized spacial score (nSPS) is 12.2. The molecular formula is C10H13NO4S. The summed E-state index contributed by atoms with van der Waals surface area (Å²) in [5.74, 6) is -1.27. The third kappa shape index (κ3) is 2.80. The van der Waals surface area contributed by atoms with Gasteiger partial charge in [0.25, 0.3) is 5.91 Å². The third-order valence-electron chi connectivity index (χ3n) is 2.08. The Labute approximate surface area is 97.0 Å². The molecule has 0 aromatic carbocycles. The van der Waals surface area contributed by atoms with Crippen molar-refractivity contribution < 1.29 is 19.4 Å². The number of hydrogen-bond donors (Lipinski definition) is 2. The lowest BCUT2D eigenvalue weighted by molar-refractivity contribution is -0.124. The molecule has 0 bridgehead atoms. The predicted molar refractivity (Wildman–Crippen MR) is 61.1 cm³/mol. The van der Waals surface area contributed by atoms with Gasteiger partial charge >= 0.3 is 5.97 Å². The number of rotatable bonds is 4. The van der Waals surface area contributed by atoms with Crippen LogP contribution >= 0.6 is 11.3 Å². The monoisotopic (exact) mass is 243 g/mol. The second kappa shape index (κ2) is 5.09. The number of hydrogen-bond acceptors (Lipinski definition) is 4. The van der Waals surface area contributed by atoms with Gasteiger partial charge in [-0.25, -0.2) is 4.79 Å². The summed E-state index contributed by atoms with van der Waals surface area (Å²) < 4.78 is 4.84. The van der Waals surface area contributed by atoms with E-state index in [4.69, 9.17) is 9.84 Å². The minimum absolute atomic E-state index is 0.236. The van der Waals surface area contributed by atoms with Crippen molar-refractivity contribution in [1.82, 2.24) is 0 Å². The van der Waals surface area contributed by atoms with Crippen LogP contribution in [0.25, 0.3) is 0 Å². The Morgan fingerprint density at radius 1 is 1.56 bits per heavy atom. The van der Waals surface area contributed by atoms with E-state index in [-0.39, 0.29) is 10.8 Å². The molecule has 1 rings (SSSR count). The minimum Gasteiger partial charge on any atom is -0.477 e. The predicted octanol–water partition coefficient (Wildman–Crippen LogP) is 1.73. The average molecular weight is 243 g/mol. The molecule has 1 aromatic heterocycles. The second-order valence-corrected chi connectivity index (χ2v) is 4.35. The Kier molecular flexibility index (Phi) is 4.03. The van der Waals surface area contributed by atoms with Gasteiger partial charge in [0.1, 0.15) is 11.0 Å². The largest absolute Gasteiger partial charge is 0.477 e. The topological polar surface area (TPSA) is 75.6 Å². The molecule has 88 valence electrons. The molecule has 0 fully saturated rings. The molecule has 1 aromatic rings. The maximum atomic E-state index is 11.5. The molecule has 0 saturated heterocycles. The number of amides is 1. The van der Waals surface area contributed by atoms with Crippen molar-refractivity contribution in [3.8, 4) is 0 Å². The van der Waals surface area contributed by atoms with Crippen LogP contribution in [0.4, 0.5) is 5.00 Å². The Balaban J connectivity index is 2.79. The molecule has 1 atom stereocenters. The van der Waals surface area contributed by atoms with Crippen LogP contribution in [0.2, 0.25) is 0 Å². The molecule has 6 heteroatoms. The number of nitrogens with one attached hydrogen (secondary N) is 1. The van der Waals surface area contributed by atoms with Gasteiger partial charge in [-0.15, -0.1) is 11.3 Å². The number of carboxylic acid groups (broad SMARTS) is 1. The summed E-state index contributed by atoms with van der Waals surface area (Å²) in [7, 11) is 1.44. The van der Waals surface area contributed by atoms with E-state index in [2.05, 4.69) is 5.32 Å². The fraction of sp³-hybridized carbons (Fsp3) is 0.400. The highest BCUT2D eigenvalue weighted by atomic mass is 32.1. The molecule has 0 aliphatic carbocycles. The van der Waals surface area contributed by atoms with E-state index >= 15 is 0 Å². The lowest BCUT2D eigenvalue weighted by Crippen LogP contribution is -2.26. The van der Waals surface area contributed by atoms with Crippen LogP contribution in [0.1, 0.15) is 22.2 Å². The zero-order chi connectivity index (χ0) is 12.3. The minimum atomic E-state index is -0.984. The lowest BCUT2D eigenvalue weighted by atomic mass is 10.3. The zero-order valence-electron chi connectivity index (χ0n) is 9.23. The first-order valence-electron chi connectivity index (χ1n) is 4.63. The van der Waals surface area contributed by atoms with Crippen LogP contribution in [0.5, 0.6) is 0 Å². The summed E-state index contributed by atoms with van der Waals surface area (Å²) in [6, 6.07) is 1.63. The van der Waals surface area contributed by atoms with Crippen molar-refractivity contribution in [2.75, 3.05) is 12.4 Å². The molecule has 0 saturated carbocycles. The number of carbonyl (C=O) groups excluding carboxylic acids is 1. The van der Waals surface area contributed by atoms with Crippen LogP contribution in [0, 0.1) is 6.92 Å². The molecule has 0 aliphatic rings. The first-order chi connectivity index (χ1) is 7.45. The van der Waals surface area contributed by atoms with Crippen LogP contribution in [-0.4, -0.2) is 30.2 Å². The van der Waals surface area contributed by atoms with E-state index in [0.29, 0.717) is 10.6 Å². The Morgan fingerprint density at radius 3 is 2.62 bits per heavy atom. The summed E-state index contributed by atoms with van der Waals surface area (Å²) in [5, 5.41) is 12.0. The van der Waals surface area contributed by atoms with Gasteiger partial charge in [-0.1, -0.05) is 0 Å². The molecule has 5 nitrogen and oxygen atoms in total. The Hall–Kier alpha value is -1.40. The van der Waals surface area contributed by atoms with Gasteiger partial charge < -0.3 is 15.2 Å². The van der Waals surface area contributed by atoms with E-state index in [1.807, 2.05) is 0 Å². The van der Waals surface area contributed by atoms with Crippen LogP contribution in [0.15, 0.2) is 6.07 Å². The average Bonchev–Trinajstić information content (AvgIpc) is 2.58. The number of carbonyl (C=O) groups is 2. The Morgan fingerprint density at radius 2 is 2.19 bits per heavy atom. The summed E-state index contributed by atoms with van der Waals surface area (Å²) >= 11 is 1.04. The lowest BCUT2D eigenvalue weighted by Gasteiger charge is -2.08. The molecular weight excluding hydrogens is 230 g/mol. The Bertz CT molecular complexity index is 413. The van der Waals surface area contributed by atoms with E-state index in [1.54, 1.807) is 19.9 Å². The number of aryl methyl sites for hydroxylation is 1. The van der Waals surface area contributed by atoms with E-state index in [1.165, 1.54) is 7.11 Å².